The number of ether oxygens (including phenoxy) is 4. The average molecular weight is 408 g/mol. The van der Waals surface area contributed by atoms with E-state index in [1.807, 2.05) is 13.0 Å². The maximum atomic E-state index is 12.2. The van der Waals surface area contributed by atoms with E-state index in [0.717, 1.165) is 5.56 Å². The fraction of sp³-hybridized carbons (Fsp3) is 0.227. The Kier molecular flexibility index (Phi) is 5.38. The molecule has 0 spiro atoms. The van der Waals surface area contributed by atoms with Crippen molar-refractivity contribution in [1.29, 1.82) is 0 Å². The standard InChI is InChI=1S/C22H20N2O6/c1-14-3-5-19-23-16(11-20(25)24(19)12-14)13-30-21(26)6-4-15-9-17(27-2)22-18(10-15)28-7-8-29-22/h3-6,9-12H,7-8,13H2,1-2H3/b6-4+. The molecule has 4 rings (SSSR count). The first kappa shape index (κ1) is 19.5. The SMILES string of the molecule is COc1cc(/C=C/C(=O)OCc2cc(=O)n3cc(C)ccc3n2)cc2c1OCCO2. The highest BCUT2D eigenvalue weighted by molar-refractivity contribution is 5.87. The maximum absolute atomic E-state index is 12.2. The molecule has 1 aliphatic rings. The van der Waals surface area contributed by atoms with Gasteiger partial charge in [0.25, 0.3) is 5.56 Å². The van der Waals surface area contributed by atoms with Gasteiger partial charge in [-0.2, -0.15) is 0 Å². The van der Waals surface area contributed by atoms with Crippen molar-refractivity contribution in [3.8, 4) is 17.2 Å². The normalized spacial score (nSPS) is 12.9. The molecule has 0 bridgehead atoms. The summed E-state index contributed by atoms with van der Waals surface area (Å²) in [7, 11) is 1.54. The van der Waals surface area contributed by atoms with Gasteiger partial charge < -0.3 is 18.9 Å². The van der Waals surface area contributed by atoms with Crippen molar-refractivity contribution in [2.24, 2.45) is 0 Å². The molecule has 0 saturated heterocycles. The molecule has 0 fully saturated rings. The van der Waals surface area contributed by atoms with Gasteiger partial charge >= 0.3 is 5.97 Å². The Morgan fingerprint density at radius 2 is 2.07 bits per heavy atom. The van der Waals surface area contributed by atoms with E-state index in [-0.39, 0.29) is 12.2 Å². The van der Waals surface area contributed by atoms with Crippen LogP contribution in [0.15, 0.2) is 47.4 Å². The van der Waals surface area contributed by atoms with E-state index < -0.39 is 5.97 Å². The van der Waals surface area contributed by atoms with Crippen LogP contribution in [-0.4, -0.2) is 35.7 Å². The third kappa shape index (κ3) is 4.12. The molecular weight excluding hydrogens is 388 g/mol. The fourth-order valence-corrected chi connectivity index (χ4v) is 3.08. The molecule has 1 aromatic carbocycles. The second kappa shape index (κ2) is 8.28. The monoisotopic (exact) mass is 408 g/mol. The van der Waals surface area contributed by atoms with Gasteiger partial charge in [0.2, 0.25) is 5.75 Å². The van der Waals surface area contributed by atoms with Crippen molar-refractivity contribution in [2.75, 3.05) is 20.3 Å². The number of carbonyl (C=O) groups is 1. The van der Waals surface area contributed by atoms with Crippen LogP contribution in [0.5, 0.6) is 17.2 Å². The number of nitrogens with zero attached hydrogens (tertiary/aromatic N) is 2. The molecule has 0 radical (unpaired) electrons. The lowest BCUT2D eigenvalue weighted by atomic mass is 10.1. The molecular formula is C22H20N2O6. The molecule has 30 heavy (non-hydrogen) atoms. The van der Waals surface area contributed by atoms with Gasteiger partial charge in [-0.3, -0.25) is 9.20 Å². The van der Waals surface area contributed by atoms with E-state index in [1.54, 1.807) is 30.5 Å². The molecule has 3 aromatic rings. The van der Waals surface area contributed by atoms with E-state index in [4.69, 9.17) is 18.9 Å². The Bertz CT molecular complexity index is 1180. The smallest absolute Gasteiger partial charge is 0.331 e. The highest BCUT2D eigenvalue weighted by atomic mass is 16.6. The summed E-state index contributed by atoms with van der Waals surface area (Å²) >= 11 is 0. The van der Waals surface area contributed by atoms with Crippen LogP contribution in [0, 0.1) is 6.92 Å². The van der Waals surface area contributed by atoms with Crippen LogP contribution in [0.1, 0.15) is 16.8 Å². The Morgan fingerprint density at radius 1 is 1.23 bits per heavy atom. The molecule has 0 N–H and O–H groups in total. The van der Waals surface area contributed by atoms with Crippen LogP contribution in [0.25, 0.3) is 11.7 Å². The Balaban J connectivity index is 1.45. The number of rotatable bonds is 5. The fourth-order valence-electron chi connectivity index (χ4n) is 3.08. The summed E-state index contributed by atoms with van der Waals surface area (Å²) < 4.78 is 23.1. The molecule has 3 heterocycles. The minimum Gasteiger partial charge on any atom is -0.493 e. The molecule has 0 saturated carbocycles. The largest absolute Gasteiger partial charge is 0.493 e. The summed E-state index contributed by atoms with van der Waals surface area (Å²) in [4.78, 5) is 28.7. The minimum atomic E-state index is -0.560. The first-order valence-electron chi connectivity index (χ1n) is 9.35. The maximum Gasteiger partial charge on any atom is 0.331 e. The number of methoxy groups -OCH3 is 1. The van der Waals surface area contributed by atoms with E-state index in [2.05, 4.69) is 4.98 Å². The van der Waals surface area contributed by atoms with Gasteiger partial charge in [-0.1, -0.05) is 6.07 Å². The quantitative estimate of drug-likeness (QED) is 0.473. The number of esters is 1. The topological polar surface area (TPSA) is 88.4 Å². The number of pyridine rings is 1. The highest BCUT2D eigenvalue weighted by Gasteiger charge is 2.17. The van der Waals surface area contributed by atoms with Crippen molar-refractivity contribution in [2.45, 2.75) is 13.5 Å². The predicted molar refractivity (Wildman–Crippen MR) is 109 cm³/mol. The summed E-state index contributed by atoms with van der Waals surface area (Å²) in [5, 5.41) is 0. The Morgan fingerprint density at radius 3 is 2.90 bits per heavy atom. The Labute approximate surface area is 172 Å². The van der Waals surface area contributed by atoms with Gasteiger partial charge in [0.1, 0.15) is 25.5 Å². The third-order valence-corrected chi connectivity index (χ3v) is 4.49. The van der Waals surface area contributed by atoms with Crippen molar-refractivity contribution < 1.29 is 23.7 Å². The highest BCUT2D eigenvalue weighted by Crippen LogP contribution is 2.40. The molecule has 0 amide bonds. The molecule has 8 nitrogen and oxygen atoms in total. The second-order valence-corrected chi connectivity index (χ2v) is 6.71. The number of hydrogen-bond acceptors (Lipinski definition) is 7. The van der Waals surface area contributed by atoms with Crippen molar-refractivity contribution in [1.82, 2.24) is 9.38 Å². The predicted octanol–water partition coefficient (Wildman–Crippen LogP) is 2.54. The summed E-state index contributed by atoms with van der Waals surface area (Å²) in [6.45, 7) is 2.69. The zero-order chi connectivity index (χ0) is 21.1. The van der Waals surface area contributed by atoms with Gasteiger partial charge in [-0.05, 0) is 42.3 Å². The zero-order valence-corrected chi connectivity index (χ0v) is 16.6. The molecule has 154 valence electrons. The van der Waals surface area contributed by atoms with Crippen LogP contribution in [0.2, 0.25) is 0 Å². The summed E-state index contributed by atoms with van der Waals surface area (Å²) in [5.41, 5.74) is 2.30. The Hall–Kier alpha value is -3.81. The van der Waals surface area contributed by atoms with Crippen LogP contribution in [-0.2, 0) is 16.1 Å². The minimum absolute atomic E-state index is 0.104. The van der Waals surface area contributed by atoms with Crippen molar-refractivity contribution >= 4 is 17.7 Å². The number of aryl methyl sites for hydroxylation is 1. The van der Waals surface area contributed by atoms with Gasteiger partial charge in [-0.25, -0.2) is 9.78 Å². The van der Waals surface area contributed by atoms with Gasteiger partial charge in [0.15, 0.2) is 11.5 Å². The van der Waals surface area contributed by atoms with Gasteiger partial charge in [-0.15, -0.1) is 0 Å². The van der Waals surface area contributed by atoms with E-state index in [9.17, 15) is 9.59 Å². The number of aromatic nitrogens is 2. The van der Waals surface area contributed by atoms with Crippen LogP contribution in [0.3, 0.4) is 0 Å². The molecule has 0 aliphatic carbocycles. The number of hydrogen-bond donors (Lipinski definition) is 0. The van der Waals surface area contributed by atoms with Gasteiger partial charge in [0.05, 0.1) is 12.8 Å². The summed E-state index contributed by atoms with van der Waals surface area (Å²) in [5.74, 6) is 1.07. The molecule has 1 aliphatic heterocycles. The van der Waals surface area contributed by atoms with Crippen LogP contribution < -0.4 is 19.8 Å². The molecule has 8 heteroatoms. The lowest BCUT2D eigenvalue weighted by Crippen LogP contribution is -2.16. The second-order valence-electron chi connectivity index (χ2n) is 6.71. The number of fused-ring (bicyclic) bond motifs is 2. The van der Waals surface area contributed by atoms with E-state index in [0.29, 0.717) is 47.4 Å². The van der Waals surface area contributed by atoms with Crippen molar-refractivity contribution in [3.05, 3.63) is 69.8 Å². The first-order chi connectivity index (χ1) is 14.5. The molecule has 2 aromatic heterocycles. The molecule has 0 unspecified atom stereocenters. The van der Waals surface area contributed by atoms with Crippen molar-refractivity contribution in [3.63, 3.8) is 0 Å². The number of carbonyl (C=O) groups excluding carboxylic acids is 1. The lowest BCUT2D eigenvalue weighted by molar-refractivity contribution is -0.139. The van der Waals surface area contributed by atoms with Gasteiger partial charge in [0, 0.05) is 18.3 Å². The van der Waals surface area contributed by atoms with E-state index in [1.165, 1.54) is 23.7 Å². The lowest BCUT2D eigenvalue weighted by Gasteiger charge is -2.20. The molecule has 0 atom stereocenters. The third-order valence-electron chi connectivity index (χ3n) is 4.49. The summed E-state index contributed by atoms with van der Waals surface area (Å²) in [6, 6.07) is 8.47. The summed E-state index contributed by atoms with van der Waals surface area (Å²) in [6.07, 6.45) is 4.60. The average Bonchev–Trinajstić information content (AvgIpc) is 2.76. The zero-order valence-electron chi connectivity index (χ0n) is 16.6. The number of benzene rings is 1. The first-order valence-corrected chi connectivity index (χ1v) is 9.35. The van der Waals surface area contributed by atoms with E-state index >= 15 is 0 Å². The van der Waals surface area contributed by atoms with Crippen LogP contribution >= 0.6 is 0 Å². The van der Waals surface area contributed by atoms with Crippen LogP contribution in [0.4, 0.5) is 0 Å².